The smallest absolute Gasteiger partial charge is 0.117 e. The maximum Gasteiger partial charge on any atom is 0.117 e. The molecule has 2 rings (SSSR count). The fourth-order valence-electron chi connectivity index (χ4n) is 1.53. The van der Waals surface area contributed by atoms with Crippen molar-refractivity contribution < 1.29 is 0 Å². The van der Waals surface area contributed by atoms with Crippen LogP contribution in [-0.2, 0) is 13.6 Å². The highest BCUT2D eigenvalue weighted by Crippen LogP contribution is 2.20. The number of rotatable bonds is 2. The van der Waals surface area contributed by atoms with Crippen LogP contribution in [0.4, 0.5) is 0 Å². The van der Waals surface area contributed by atoms with Crippen molar-refractivity contribution in [3.05, 3.63) is 29.8 Å². The first kappa shape index (κ1) is 9.79. The maximum atomic E-state index is 5.65. The Labute approximate surface area is 88.0 Å². The van der Waals surface area contributed by atoms with Crippen LogP contribution in [-0.4, -0.2) is 19.7 Å². The molecule has 0 unspecified atom stereocenters. The molecule has 2 aromatic rings. The molecular formula is C10H13N5. The van der Waals surface area contributed by atoms with Gasteiger partial charge in [-0.3, -0.25) is 14.6 Å². The van der Waals surface area contributed by atoms with Gasteiger partial charge in [0.25, 0.3) is 0 Å². The second-order valence-electron chi connectivity index (χ2n) is 3.37. The standard InChI is InChI=1S/C10H13N5/c1-7-9(13-4-3-12-7)10-8(5-11)6-15(2)14-10/h3-4,6H,5,11H2,1-2H3. The zero-order chi connectivity index (χ0) is 10.8. The van der Waals surface area contributed by atoms with Crippen LogP contribution >= 0.6 is 0 Å². The Morgan fingerprint density at radius 2 is 2.00 bits per heavy atom. The van der Waals surface area contributed by atoms with E-state index in [0.717, 1.165) is 22.6 Å². The molecule has 0 spiro atoms. The van der Waals surface area contributed by atoms with Gasteiger partial charge in [-0.25, -0.2) is 0 Å². The lowest BCUT2D eigenvalue weighted by molar-refractivity contribution is 0.768. The Hall–Kier alpha value is -1.75. The monoisotopic (exact) mass is 203 g/mol. The average Bonchev–Trinajstić information content (AvgIpc) is 2.60. The number of aryl methyl sites for hydroxylation is 2. The van der Waals surface area contributed by atoms with Crippen LogP contribution in [0.3, 0.4) is 0 Å². The summed E-state index contributed by atoms with van der Waals surface area (Å²) < 4.78 is 1.74. The van der Waals surface area contributed by atoms with Crippen LogP contribution < -0.4 is 5.73 Å². The number of hydrogen-bond acceptors (Lipinski definition) is 4. The van der Waals surface area contributed by atoms with Crippen molar-refractivity contribution in [1.29, 1.82) is 0 Å². The van der Waals surface area contributed by atoms with Crippen LogP contribution in [0.5, 0.6) is 0 Å². The lowest BCUT2D eigenvalue weighted by Gasteiger charge is -2.01. The molecule has 0 aliphatic heterocycles. The minimum atomic E-state index is 0.458. The van der Waals surface area contributed by atoms with Crippen molar-refractivity contribution in [3.63, 3.8) is 0 Å². The van der Waals surface area contributed by atoms with E-state index in [9.17, 15) is 0 Å². The summed E-state index contributed by atoms with van der Waals surface area (Å²) in [5.74, 6) is 0. The predicted octanol–water partition coefficient (Wildman–Crippen LogP) is 0.644. The minimum Gasteiger partial charge on any atom is -0.326 e. The Morgan fingerprint density at radius 3 is 2.67 bits per heavy atom. The third-order valence-electron chi connectivity index (χ3n) is 2.23. The molecular weight excluding hydrogens is 190 g/mol. The SMILES string of the molecule is Cc1nccnc1-c1nn(C)cc1CN. The first-order chi connectivity index (χ1) is 7.22. The number of nitrogens with zero attached hydrogens (tertiary/aromatic N) is 4. The van der Waals surface area contributed by atoms with Crippen LogP contribution in [0.25, 0.3) is 11.4 Å². The van der Waals surface area contributed by atoms with E-state index in [1.54, 1.807) is 17.1 Å². The fourth-order valence-corrected chi connectivity index (χ4v) is 1.53. The van der Waals surface area contributed by atoms with E-state index < -0.39 is 0 Å². The Bertz CT molecular complexity index is 474. The summed E-state index contributed by atoms with van der Waals surface area (Å²) in [4.78, 5) is 8.46. The largest absolute Gasteiger partial charge is 0.326 e. The normalized spacial score (nSPS) is 10.6. The number of hydrogen-bond donors (Lipinski definition) is 1. The van der Waals surface area contributed by atoms with Crippen LogP contribution in [0, 0.1) is 6.92 Å². The van der Waals surface area contributed by atoms with Crippen molar-refractivity contribution in [3.8, 4) is 11.4 Å². The Kier molecular flexibility index (Phi) is 2.47. The Balaban J connectivity index is 2.58. The van der Waals surface area contributed by atoms with E-state index in [0.29, 0.717) is 6.54 Å². The van der Waals surface area contributed by atoms with Gasteiger partial charge in [0.1, 0.15) is 11.4 Å². The highest BCUT2D eigenvalue weighted by molar-refractivity contribution is 5.60. The van der Waals surface area contributed by atoms with Crippen molar-refractivity contribution >= 4 is 0 Å². The van der Waals surface area contributed by atoms with Gasteiger partial charge in [-0.1, -0.05) is 0 Å². The molecule has 0 aromatic carbocycles. The van der Waals surface area contributed by atoms with Gasteiger partial charge in [-0.05, 0) is 6.92 Å². The topological polar surface area (TPSA) is 69.6 Å². The lowest BCUT2D eigenvalue weighted by atomic mass is 10.1. The first-order valence-corrected chi connectivity index (χ1v) is 4.73. The lowest BCUT2D eigenvalue weighted by Crippen LogP contribution is -1.99. The molecule has 0 bridgehead atoms. The van der Waals surface area contributed by atoms with Gasteiger partial charge < -0.3 is 5.73 Å². The molecule has 2 heterocycles. The second-order valence-corrected chi connectivity index (χ2v) is 3.37. The third kappa shape index (κ3) is 1.73. The molecule has 5 heteroatoms. The zero-order valence-corrected chi connectivity index (χ0v) is 8.81. The van der Waals surface area contributed by atoms with Crippen molar-refractivity contribution in [2.45, 2.75) is 13.5 Å². The van der Waals surface area contributed by atoms with E-state index in [1.165, 1.54) is 0 Å². The molecule has 15 heavy (non-hydrogen) atoms. The van der Waals surface area contributed by atoms with Gasteiger partial charge in [-0.15, -0.1) is 0 Å². The van der Waals surface area contributed by atoms with E-state index >= 15 is 0 Å². The van der Waals surface area contributed by atoms with E-state index in [1.807, 2.05) is 20.2 Å². The number of nitrogens with two attached hydrogens (primary N) is 1. The molecule has 0 aliphatic rings. The summed E-state index contributed by atoms with van der Waals surface area (Å²) in [5.41, 5.74) is 9.13. The van der Waals surface area contributed by atoms with E-state index in [2.05, 4.69) is 15.1 Å². The summed E-state index contributed by atoms with van der Waals surface area (Å²) in [6.45, 7) is 2.37. The van der Waals surface area contributed by atoms with Gasteiger partial charge in [0, 0.05) is 37.7 Å². The summed E-state index contributed by atoms with van der Waals surface area (Å²) in [6.07, 6.45) is 5.24. The average molecular weight is 203 g/mol. The molecule has 5 nitrogen and oxygen atoms in total. The van der Waals surface area contributed by atoms with E-state index in [4.69, 9.17) is 5.73 Å². The summed E-state index contributed by atoms with van der Waals surface area (Å²) in [5, 5.41) is 4.35. The third-order valence-corrected chi connectivity index (χ3v) is 2.23. The summed E-state index contributed by atoms with van der Waals surface area (Å²) in [6, 6.07) is 0. The highest BCUT2D eigenvalue weighted by Gasteiger charge is 2.12. The summed E-state index contributed by atoms with van der Waals surface area (Å²) >= 11 is 0. The van der Waals surface area contributed by atoms with Crippen LogP contribution in [0.15, 0.2) is 18.6 Å². The molecule has 2 aromatic heterocycles. The van der Waals surface area contributed by atoms with Gasteiger partial charge in [0.15, 0.2) is 0 Å². The van der Waals surface area contributed by atoms with Crippen molar-refractivity contribution in [2.24, 2.45) is 12.8 Å². The van der Waals surface area contributed by atoms with Gasteiger partial charge in [0.05, 0.1) is 5.69 Å². The van der Waals surface area contributed by atoms with Crippen molar-refractivity contribution in [2.75, 3.05) is 0 Å². The molecule has 78 valence electrons. The number of aromatic nitrogens is 4. The quantitative estimate of drug-likeness (QED) is 0.777. The van der Waals surface area contributed by atoms with E-state index in [-0.39, 0.29) is 0 Å². The maximum absolute atomic E-state index is 5.65. The molecule has 0 saturated carbocycles. The van der Waals surface area contributed by atoms with Crippen LogP contribution in [0.1, 0.15) is 11.3 Å². The minimum absolute atomic E-state index is 0.458. The predicted molar refractivity (Wildman–Crippen MR) is 56.9 cm³/mol. The highest BCUT2D eigenvalue weighted by atomic mass is 15.3. The summed E-state index contributed by atoms with van der Waals surface area (Å²) in [7, 11) is 1.87. The molecule has 0 amide bonds. The van der Waals surface area contributed by atoms with Gasteiger partial charge in [0.2, 0.25) is 0 Å². The molecule has 0 fully saturated rings. The molecule has 0 saturated heterocycles. The van der Waals surface area contributed by atoms with Crippen molar-refractivity contribution in [1.82, 2.24) is 19.7 Å². The van der Waals surface area contributed by atoms with Crippen LogP contribution in [0.2, 0.25) is 0 Å². The fraction of sp³-hybridized carbons (Fsp3) is 0.300. The molecule has 0 atom stereocenters. The first-order valence-electron chi connectivity index (χ1n) is 4.73. The molecule has 0 aliphatic carbocycles. The second kappa shape index (κ2) is 3.78. The Morgan fingerprint density at radius 1 is 1.27 bits per heavy atom. The zero-order valence-electron chi connectivity index (χ0n) is 8.81. The van der Waals surface area contributed by atoms with Gasteiger partial charge in [-0.2, -0.15) is 5.10 Å². The molecule has 0 radical (unpaired) electrons. The molecule has 2 N–H and O–H groups in total. The van der Waals surface area contributed by atoms with Gasteiger partial charge >= 0.3 is 0 Å².